The van der Waals surface area contributed by atoms with Gasteiger partial charge in [-0.15, -0.1) is 0 Å². The summed E-state index contributed by atoms with van der Waals surface area (Å²) in [7, 11) is -3.15. The zero-order valence-corrected chi connectivity index (χ0v) is 11.2. The third-order valence-electron chi connectivity index (χ3n) is 3.33. The molecule has 0 aromatic carbocycles. The maximum atomic E-state index is 11.9. The van der Waals surface area contributed by atoms with Crippen LogP contribution >= 0.6 is 0 Å². The summed E-state index contributed by atoms with van der Waals surface area (Å²) in [6.07, 6.45) is 7.63. The maximum Gasteiger partial charge on any atom is 0.211 e. The van der Waals surface area contributed by atoms with E-state index in [9.17, 15) is 8.42 Å². The molecule has 1 aromatic rings. The molecule has 0 unspecified atom stereocenters. The van der Waals surface area contributed by atoms with Crippen molar-refractivity contribution in [3.63, 3.8) is 0 Å². The summed E-state index contributed by atoms with van der Waals surface area (Å²) in [6.45, 7) is 0.379. The molecule has 2 rings (SSSR count). The Balaban J connectivity index is 1.73. The average molecular weight is 272 g/mol. The molecule has 0 aliphatic heterocycles. The molecule has 0 saturated heterocycles. The number of rotatable bonds is 6. The quantitative estimate of drug-likeness (QED) is 0.803. The van der Waals surface area contributed by atoms with Gasteiger partial charge >= 0.3 is 0 Å². The van der Waals surface area contributed by atoms with Crippen LogP contribution in [0.4, 0.5) is 0 Å². The Hall–Kier alpha value is -0.950. The lowest BCUT2D eigenvalue weighted by Gasteiger charge is -2.21. The molecular weight excluding hydrogens is 252 g/mol. The first kappa shape index (κ1) is 13.5. The van der Waals surface area contributed by atoms with Gasteiger partial charge in [-0.25, -0.2) is 18.1 Å². The van der Waals surface area contributed by atoms with E-state index in [1.165, 1.54) is 12.7 Å². The van der Waals surface area contributed by atoms with Crippen LogP contribution in [0.25, 0.3) is 0 Å². The lowest BCUT2D eigenvalue weighted by molar-refractivity contribution is 0.384. The summed E-state index contributed by atoms with van der Waals surface area (Å²) >= 11 is 0. The van der Waals surface area contributed by atoms with Crippen LogP contribution in [0.2, 0.25) is 0 Å². The number of nitrogens with zero attached hydrogens (tertiary/aromatic N) is 2. The molecule has 0 radical (unpaired) electrons. The van der Waals surface area contributed by atoms with Crippen molar-refractivity contribution in [2.45, 2.75) is 38.5 Å². The van der Waals surface area contributed by atoms with Gasteiger partial charge in [0.2, 0.25) is 10.0 Å². The van der Waals surface area contributed by atoms with Crippen molar-refractivity contribution in [3.05, 3.63) is 12.2 Å². The van der Waals surface area contributed by atoms with Crippen molar-refractivity contribution in [1.29, 1.82) is 0 Å². The normalized spacial score (nSPS) is 18.0. The van der Waals surface area contributed by atoms with Crippen molar-refractivity contribution < 1.29 is 8.42 Å². The highest BCUT2D eigenvalue weighted by molar-refractivity contribution is 7.89. The van der Waals surface area contributed by atoms with Gasteiger partial charge in [-0.2, -0.15) is 5.10 Å². The van der Waals surface area contributed by atoms with E-state index in [1.54, 1.807) is 0 Å². The third-order valence-corrected chi connectivity index (χ3v) is 4.88. The van der Waals surface area contributed by atoms with Crippen LogP contribution < -0.4 is 4.72 Å². The van der Waals surface area contributed by atoms with Crippen LogP contribution in [-0.2, 0) is 16.4 Å². The van der Waals surface area contributed by atoms with Crippen LogP contribution in [0, 0.1) is 5.92 Å². The molecule has 2 N–H and O–H groups in total. The fourth-order valence-corrected chi connectivity index (χ4v) is 3.88. The number of aromatic amines is 1. The second-order valence-corrected chi connectivity index (χ2v) is 6.71. The van der Waals surface area contributed by atoms with E-state index in [4.69, 9.17) is 0 Å². The third kappa shape index (κ3) is 4.38. The summed E-state index contributed by atoms with van der Waals surface area (Å²) < 4.78 is 26.4. The van der Waals surface area contributed by atoms with Crippen molar-refractivity contribution in [2.75, 3.05) is 12.3 Å². The first-order valence-corrected chi connectivity index (χ1v) is 8.12. The van der Waals surface area contributed by atoms with Gasteiger partial charge in [-0.05, 0) is 18.8 Å². The summed E-state index contributed by atoms with van der Waals surface area (Å²) in [5.74, 6) is 1.31. The van der Waals surface area contributed by atoms with Gasteiger partial charge in [-0.3, -0.25) is 5.10 Å². The molecule has 1 heterocycles. The molecule has 1 aromatic heterocycles. The zero-order valence-electron chi connectivity index (χ0n) is 10.4. The molecule has 7 heteroatoms. The van der Waals surface area contributed by atoms with Gasteiger partial charge in [0.15, 0.2) is 0 Å². The van der Waals surface area contributed by atoms with E-state index in [1.807, 2.05) is 0 Å². The van der Waals surface area contributed by atoms with E-state index in [0.717, 1.165) is 25.7 Å². The minimum atomic E-state index is -3.15. The van der Waals surface area contributed by atoms with Crippen LogP contribution in [0.1, 0.15) is 37.9 Å². The largest absolute Gasteiger partial charge is 0.263 e. The summed E-state index contributed by atoms with van der Waals surface area (Å²) in [6, 6.07) is 0. The second-order valence-electron chi connectivity index (χ2n) is 4.86. The van der Waals surface area contributed by atoms with Gasteiger partial charge in [0.25, 0.3) is 0 Å². The Morgan fingerprint density at radius 3 is 2.78 bits per heavy atom. The summed E-state index contributed by atoms with van der Waals surface area (Å²) in [4.78, 5) is 3.95. The van der Waals surface area contributed by atoms with E-state index in [2.05, 4.69) is 19.9 Å². The van der Waals surface area contributed by atoms with Crippen LogP contribution in [0.5, 0.6) is 0 Å². The lowest BCUT2D eigenvalue weighted by atomic mass is 9.91. The van der Waals surface area contributed by atoms with E-state index in [-0.39, 0.29) is 5.75 Å². The topological polar surface area (TPSA) is 87.7 Å². The number of nitrogens with one attached hydrogen (secondary N) is 2. The Morgan fingerprint density at radius 2 is 2.11 bits per heavy atom. The number of H-pyrrole nitrogens is 1. The number of sulfonamides is 1. The Morgan fingerprint density at radius 1 is 1.33 bits per heavy atom. The van der Waals surface area contributed by atoms with Gasteiger partial charge in [0.1, 0.15) is 12.2 Å². The first-order valence-electron chi connectivity index (χ1n) is 6.47. The highest BCUT2D eigenvalue weighted by Crippen LogP contribution is 2.24. The monoisotopic (exact) mass is 272 g/mol. The Kier molecular flexibility index (Phi) is 4.71. The highest BCUT2D eigenvalue weighted by Gasteiger charge is 2.20. The lowest BCUT2D eigenvalue weighted by Crippen LogP contribution is -2.32. The maximum absolute atomic E-state index is 11.9. The Bertz CT molecular complexity index is 438. The molecule has 1 aliphatic rings. The van der Waals surface area contributed by atoms with E-state index < -0.39 is 10.0 Å². The summed E-state index contributed by atoms with van der Waals surface area (Å²) in [5.41, 5.74) is 0. The van der Waals surface area contributed by atoms with Crippen LogP contribution in [0.3, 0.4) is 0 Å². The van der Waals surface area contributed by atoms with Gasteiger partial charge in [0.05, 0.1) is 5.75 Å². The molecule has 0 bridgehead atoms. The SMILES string of the molecule is O=S(=O)(CC1CCCCC1)NCCc1ncn[nH]1. The fourth-order valence-electron chi connectivity index (χ4n) is 2.40. The van der Waals surface area contributed by atoms with Crippen molar-refractivity contribution in [2.24, 2.45) is 5.92 Å². The van der Waals surface area contributed by atoms with Crippen molar-refractivity contribution in [1.82, 2.24) is 19.9 Å². The predicted octanol–water partition coefficient (Wildman–Crippen LogP) is 0.847. The molecule has 102 valence electrons. The van der Waals surface area contributed by atoms with Gasteiger partial charge in [0, 0.05) is 13.0 Å². The number of hydrogen-bond acceptors (Lipinski definition) is 4. The van der Waals surface area contributed by atoms with Crippen molar-refractivity contribution in [3.8, 4) is 0 Å². The van der Waals surface area contributed by atoms with Crippen LogP contribution in [-0.4, -0.2) is 35.9 Å². The Labute approximate surface area is 108 Å². The summed E-state index contributed by atoms with van der Waals surface area (Å²) in [5, 5.41) is 6.43. The first-order chi connectivity index (χ1) is 8.66. The highest BCUT2D eigenvalue weighted by atomic mass is 32.2. The van der Waals surface area contributed by atoms with E-state index in [0.29, 0.717) is 24.7 Å². The molecular formula is C11H20N4O2S. The molecule has 18 heavy (non-hydrogen) atoms. The molecule has 0 spiro atoms. The van der Waals surface area contributed by atoms with Gasteiger partial charge in [-0.1, -0.05) is 19.3 Å². The number of hydrogen-bond donors (Lipinski definition) is 2. The standard InChI is InChI=1S/C11H20N4O2S/c16-18(17,8-10-4-2-1-3-5-10)14-7-6-11-12-9-13-15-11/h9-10,14H,1-8H2,(H,12,13,15). The smallest absolute Gasteiger partial charge is 0.211 e. The average Bonchev–Trinajstić information content (AvgIpc) is 2.82. The predicted molar refractivity (Wildman–Crippen MR) is 68.5 cm³/mol. The van der Waals surface area contributed by atoms with Crippen LogP contribution in [0.15, 0.2) is 6.33 Å². The molecule has 0 amide bonds. The zero-order chi connectivity index (χ0) is 12.8. The molecule has 1 saturated carbocycles. The minimum Gasteiger partial charge on any atom is -0.263 e. The fraction of sp³-hybridized carbons (Fsp3) is 0.818. The minimum absolute atomic E-state index is 0.267. The molecule has 0 atom stereocenters. The van der Waals surface area contributed by atoms with Gasteiger partial charge < -0.3 is 0 Å². The van der Waals surface area contributed by atoms with E-state index >= 15 is 0 Å². The molecule has 1 aliphatic carbocycles. The second kappa shape index (κ2) is 6.29. The number of aromatic nitrogens is 3. The molecule has 1 fully saturated rings. The van der Waals surface area contributed by atoms with Crippen molar-refractivity contribution >= 4 is 10.0 Å². The molecule has 6 nitrogen and oxygen atoms in total.